The van der Waals surface area contributed by atoms with E-state index in [2.05, 4.69) is 20.1 Å². The molecule has 0 radical (unpaired) electrons. The van der Waals surface area contributed by atoms with Gasteiger partial charge in [-0.15, -0.1) is 0 Å². The summed E-state index contributed by atoms with van der Waals surface area (Å²) in [5, 5.41) is 16.0. The van der Waals surface area contributed by atoms with E-state index in [0.717, 1.165) is 0 Å². The van der Waals surface area contributed by atoms with Crippen molar-refractivity contribution in [3.8, 4) is 5.75 Å². The highest BCUT2D eigenvalue weighted by Crippen LogP contribution is 2.34. The Kier molecular flexibility index (Phi) is 2.76. The Balaban J connectivity index is 3.02. The quantitative estimate of drug-likeness (QED) is 0.373. The summed E-state index contributed by atoms with van der Waals surface area (Å²) in [7, 11) is 0. The molecule has 18 heavy (non-hydrogen) atoms. The minimum absolute atomic E-state index is 0.0271. The topological polar surface area (TPSA) is 148 Å². The van der Waals surface area contributed by atoms with Crippen LogP contribution in [0.5, 0.6) is 5.75 Å². The molecule has 88 valence electrons. The molecule has 0 aliphatic rings. The van der Waals surface area contributed by atoms with E-state index >= 15 is 0 Å². The molecule has 1 aromatic carbocycles. The van der Waals surface area contributed by atoms with Crippen LogP contribution in [0.1, 0.15) is 0 Å². The minimum Gasteiger partial charge on any atom is -0.508 e. The van der Waals surface area contributed by atoms with Gasteiger partial charge in [-0.1, -0.05) is 10.2 Å². The molecule has 0 unspecified atom stereocenters. The van der Waals surface area contributed by atoms with Gasteiger partial charge in [-0.3, -0.25) is 0 Å². The van der Waals surface area contributed by atoms with Crippen LogP contribution in [0.25, 0.3) is 31.9 Å². The molecule has 1 heterocycles. The van der Waals surface area contributed by atoms with Crippen molar-refractivity contribution in [1.82, 2.24) is 0 Å². The van der Waals surface area contributed by atoms with Crippen LogP contribution in [0.3, 0.4) is 0 Å². The normalized spacial score (nSPS) is 9.56. The third-order valence-electron chi connectivity index (χ3n) is 2.13. The van der Waals surface area contributed by atoms with Crippen LogP contribution < -0.4 is 5.63 Å². The molecule has 0 amide bonds. The van der Waals surface area contributed by atoms with E-state index in [-0.39, 0.29) is 22.4 Å². The van der Waals surface area contributed by atoms with Gasteiger partial charge in [0.15, 0.2) is 0 Å². The third kappa shape index (κ3) is 1.78. The van der Waals surface area contributed by atoms with Crippen LogP contribution in [0.2, 0.25) is 0 Å². The number of hydrogen-bond donors (Lipinski definition) is 1. The van der Waals surface area contributed by atoms with E-state index in [0.29, 0.717) is 0 Å². The van der Waals surface area contributed by atoms with Crippen molar-refractivity contribution in [3.05, 3.63) is 49.5 Å². The van der Waals surface area contributed by atoms with Gasteiger partial charge in [0.2, 0.25) is 0 Å². The van der Waals surface area contributed by atoms with Crippen molar-refractivity contribution in [2.24, 2.45) is 10.2 Å². The second-order valence-corrected chi connectivity index (χ2v) is 3.15. The summed E-state index contributed by atoms with van der Waals surface area (Å²) in [4.78, 5) is 16.6. The second kappa shape index (κ2) is 4.38. The molecule has 0 saturated carbocycles. The van der Waals surface area contributed by atoms with Gasteiger partial charge in [0.25, 0.3) is 0 Å². The van der Waals surface area contributed by atoms with Gasteiger partial charge in [0.05, 0.1) is 5.69 Å². The zero-order valence-electron chi connectivity index (χ0n) is 8.68. The van der Waals surface area contributed by atoms with E-state index in [9.17, 15) is 9.90 Å². The lowest BCUT2D eigenvalue weighted by atomic mass is 10.2. The smallest absolute Gasteiger partial charge is 0.346 e. The Bertz CT molecular complexity index is 783. The fraction of sp³-hybridized carbons (Fsp3) is 0. The van der Waals surface area contributed by atoms with E-state index in [1.165, 1.54) is 18.2 Å². The molecule has 0 saturated heterocycles. The number of phenols is 1. The Labute approximate surface area is 98.1 Å². The fourth-order valence-corrected chi connectivity index (χ4v) is 1.44. The molecule has 2 rings (SSSR count). The van der Waals surface area contributed by atoms with Gasteiger partial charge in [0, 0.05) is 21.3 Å². The van der Waals surface area contributed by atoms with Crippen LogP contribution in [-0.4, -0.2) is 5.11 Å². The van der Waals surface area contributed by atoms with E-state index in [1.54, 1.807) is 0 Å². The average Bonchev–Trinajstić information content (AvgIpc) is 2.33. The lowest BCUT2D eigenvalue weighted by Gasteiger charge is -2.03. The summed E-state index contributed by atoms with van der Waals surface area (Å²) in [6.45, 7) is 0. The largest absolute Gasteiger partial charge is 0.508 e. The monoisotopic (exact) mass is 244 g/mol. The van der Waals surface area contributed by atoms with Gasteiger partial charge in [0.1, 0.15) is 17.0 Å². The zero-order chi connectivity index (χ0) is 13.1. The second-order valence-electron chi connectivity index (χ2n) is 3.15. The first kappa shape index (κ1) is 11.3. The summed E-state index contributed by atoms with van der Waals surface area (Å²) in [6.07, 6.45) is 0. The summed E-state index contributed by atoms with van der Waals surface area (Å²) in [6, 6.07) is 3.89. The minimum atomic E-state index is -0.951. The zero-order valence-corrected chi connectivity index (χ0v) is 8.68. The number of rotatable bonds is 2. The highest BCUT2D eigenvalue weighted by Gasteiger charge is 2.12. The van der Waals surface area contributed by atoms with Crippen LogP contribution >= 0.6 is 0 Å². The van der Waals surface area contributed by atoms with Gasteiger partial charge in [-0.05, 0) is 23.2 Å². The molecule has 0 spiro atoms. The van der Waals surface area contributed by atoms with Crippen LogP contribution in [0, 0.1) is 0 Å². The lowest BCUT2D eigenvalue weighted by Crippen LogP contribution is -1.97. The van der Waals surface area contributed by atoms with Crippen LogP contribution in [0.4, 0.5) is 11.4 Å². The first-order valence-corrected chi connectivity index (χ1v) is 4.57. The lowest BCUT2D eigenvalue weighted by molar-refractivity contribution is 0.473. The predicted molar refractivity (Wildman–Crippen MR) is 61.8 cm³/mol. The molecule has 0 aliphatic heterocycles. The fourth-order valence-electron chi connectivity index (χ4n) is 1.44. The molecule has 9 heteroatoms. The molecule has 0 fully saturated rings. The molecule has 0 atom stereocenters. The number of fused-ring (bicyclic) bond motifs is 1. The van der Waals surface area contributed by atoms with Gasteiger partial charge in [-0.2, -0.15) is 0 Å². The van der Waals surface area contributed by atoms with E-state index < -0.39 is 11.3 Å². The number of phenolic OH excluding ortho intramolecular Hbond substituents is 1. The number of nitrogens with zero attached hydrogens (tertiary/aromatic N) is 6. The number of aromatic hydroxyl groups is 1. The molecular formula is C9H4N6O3. The van der Waals surface area contributed by atoms with E-state index in [4.69, 9.17) is 15.5 Å². The van der Waals surface area contributed by atoms with Gasteiger partial charge in [-0.25, -0.2) is 4.79 Å². The van der Waals surface area contributed by atoms with Crippen molar-refractivity contribution in [3.63, 3.8) is 0 Å². The Morgan fingerprint density at radius 2 is 1.83 bits per heavy atom. The molecule has 0 bridgehead atoms. The molecule has 1 aromatic heterocycles. The van der Waals surface area contributed by atoms with Gasteiger partial charge < -0.3 is 9.52 Å². The molecule has 0 aliphatic carbocycles. The van der Waals surface area contributed by atoms with Crippen molar-refractivity contribution >= 4 is 22.3 Å². The molecule has 2 aromatic rings. The molecule has 9 nitrogen and oxygen atoms in total. The Morgan fingerprint density at radius 1 is 1.17 bits per heavy atom. The summed E-state index contributed by atoms with van der Waals surface area (Å²) >= 11 is 0. The number of benzene rings is 1. The summed E-state index contributed by atoms with van der Waals surface area (Å²) in [5.74, 6) is -0.117. The predicted octanol–water partition coefficient (Wildman–Crippen LogP) is 3.38. The molecular weight excluding hydrogens is 240 g/mol. The number of azide groups is 2. The third-order valence-corrected chi connectivity index (χ3v) is 2.13. The summed E-state index contributed by atoms with van der Waals surface area (Å²) in [5.41, 5.74) is 15.3. The van der Waals surface area contributed by atoms with Crippen LogP contribution in [0.15, 0.2) is 37.6 Å². The van der Waals surface area contributed by atoms with Gasteiger partial charge >= 0.3 is 5.63 Å². The maximum atomic E-state index is 11.5. The Hall–Kier alpha value is -3.15. The SMILES string of the molecule is [N-]=[N+]=Nc1c(N=[N+]=[N-])c2ccc(O)cc2oc1=O. The van der Waals surface area contributed by atoms with Crippen molar-refractivity contribution in [1.29, 1.82) is 0 Å². The van der Waals surface area contributed by atoms with Crippen molar-refractivity contribution in [2.45, 2.75) is 0 Å². The maximum absolute atomic E-state index is 11.5. The van der Waals surface area contributed by atoms with Crippen LogP contribution in [-0.2, 0) is 0 Å². The number of hydrogen-bond acceptors (Lipinski definition) is 5. The van der Waals surface area contributed by atoms with Crippen molar-refractivity contribution < 1.29 is 9.52 Å². The Morgan fingerprint density at radius 3 is 2.50 bits per heavy atom. The molecule has 1 N–H and O–H groups in total. The first-order valence-electron chi connectivity index (χ1n) is 4.57. The average molecular weight is 244 g/mol. The van der Waals surface area contributed by atoms with E-state index in [1.807, 2.05) is 0 Å². The highest BCUT2D eigenvalue weighted by molar-refractivity contribution is 5.94. The summed E-state index contributed by atoms with van der Waals surface area (Å²) < 4.78 is 4.85. The standard InChI is InChI=1S/C9H4N6O3/c10-14-12-7-5-2-1-4(16)3-6(5)18-9(17)8(7)13-15-11/h1-3,16H. The van der Waals surface area contributed by atoms with Crippen molar-refractivity contribution in [2.75, 3.05) is 0 Å². The highest BCUT2D eigenvalue weighted by atomic mass is 16.4. The first-order chi connectivity index (χ1) is 8.67. The maximum Gasteiger partial charge on any atom is 0.346 e.